The number of nitrogens with zero attached hydrogens (tertiary/aromatic N) is 10. The minimum Gasteiger partial charge on any atom is -0.496 e. The fourth-order valence-electron chi connectivity index (χ4n) is 8.88. The number of methoxy groups -OCH3 is 2. The predicted molar refractivity (Wildman–Crippen MR) is 231 cm³/mol. The number of ether oxygens (including phenoxy) is 2. The first-order chi connectivity index (χ1) is 30.1. The van der Waals surface area contributed by atoms with Gasteiger partial charge in [0.2, 0.25) is 0 Å². The first-order valence-electron chi connectivity index (χ1n) is 20.8. The second-order valence-electron chi connectivity index (χ2n) is 16.3. The van der Waals surface area contributed by atoms with E-state index in [1.807, 2.05) is 21.8 Å². The van der Waals surface area contributed by atoms with Crippen LogP contribution in [0.25, 0.3) is 33.1 Å². The van der Waals surface area contributed by atoms with Gasteiger partial charge in [-0.3, -0.25) is 19.0 Å². The van der Waals surface area contributed by atoms with Crippen molar-refractivity contribution < 1.29 is 29.3 Å². The van der Waals surface area contributed by atoms with E-state index >= 15 is 0 Å². The standard InChI is InChI=1S/2C22H24N6O3/c2*1-13-8-15(29)4-5-19(13)28-12-14-9-16(20(31-2)10-17(14)26-28)22(30)25-18-11-24-27-7-3-6-23-21(18)27/h2*3,6-7,9-13,15,19,29H,4-5,8H2,1-2H3,(H,25,30)/t2*13-,15-,19-/m00/s1. The van der Waals surface area contributed by atoms with Crippen LogP contribution in [0.2, 0.25) is 0 Å². The van der Waals surface area contributed by atoms with E-state index in [-0.39, 0.29) is 36.1 Å². The maximum Gasteiger partial charge on any atom is 0.259 e. The summed E-state index contributed by atoms with van der Waals surface area (Å²) in [5.41, 5.74) is 4.55. The molecule has 4 N–H and O–H groups in total. The third-order valence-corrected chi connectivity index (χ3v) is 12.1. The van der Waals surface area contributed by atoms with Crippen molar-refractivity contribution in [3.8, 4) is 11.5 Å². The van der Waals surface area contributed by atoms with Crippen LogP contribution in [0.3, 0.4) is 0 Å². The number of anilines is 2. The van der Waals surface area contributed by atoms with Crippen LogP contribution in [0.1, 0.15) is 85.2 Å². The average molecular weight is 841 g/mol. The molecule has 10 rings (SSSR count). The van der Waals surface area contributed by atoms with E-state index in [0.29, 0.717) is 57.1 Å². The van der Waals surface area contributed by atoms with Crippen molar-refractivity contribution in [1.82, 2.24) is 48.8 Å². The van der Waals surface area contributed by atoms with Crippen molar-refractivity contribution in [2.75, 3.05) is 24.9 Å². The van der Waals surface area contributed by atoms with Crippen molar-refractivity contribution in [3.05, 3.63) is 97.1 Å². The normalized spacial score (nSPS) is 21.5. The van der Waals surface area contributed by atoms with Gasteiger partial charge in [-0.15, -0.1) is 0 Å². The molecular formula is C44H48N12O6. The van der Waals surface area contributed by atoms with Crippen LogP contribution >= 0.6 is 0 Å². The lowest BCUT2D eigenvalue weighted by Crippen LogP contribution is -2.28. The average Bonchev–Trinajstić information content (AvgIpc) is 4.08. The van der Waals surface area contributed by atoms with Crippen LogP contribution in [0.5, 0.6) is 11.5 Å². The summed E-state index contributed by atoms with van der Waals surface area (Å²) in [6.45, 7) is 4.28. The van der Waals surface area contributed by atoms with Crippen molar-refractivity contribution in [3.63, 3.8) is 0 Å². The van der Waals surface area contributed by atoms with Crippen LogP contribution in [-0.4, -0.2) is 97.2 Å². The molecule has 2 aliphatic carbocycles. The van der Waals surface area contributed by atoms with Gasteiger partial charge in [0.25, 0.3) is 11.8 Å². The van der Waals surface area contributed by atoms with Crippen LogP contribution in [0.4, 0.5) is 11.4 Å². The van der Waals surface area contributed by atoms with Gasteiger partial charge in [0.1, 0.15) is 22.9 Å². The molecule has 0 radical (unpaired) electrons. The molecule has 0 aliphatic heterocycles. The van der Waals surface area contributed by atoms with Crippen LogP contribution in [0, 0.1) is 11.8 Å². The second kappa shape index (κ2) is 16.9. The number of benzene rings is 2. The number of aliphatic hydroxyl groups excluding tert-OH is 2. The molecule has 62 heavy (non-hydrogen) atoms. The Kier molecular flexibility index (Phi) is 11.0. The highest BCUT2D eigenvalue weighted by molar-refractivity contribution is 6.10. The van der Waals surface area contributed by atoms with Crippen molar-refractivity contribution >= 4 is 56.3 Å². The molecule has 320 valence electrons. The summed E-state index contributed by atoms with van der Waals surface area (Å²) in [5.74, 6) is 0.942. The summed E-state index contributed by atoms with van der Waals surface area (Å²) in [4.78, 5) is 34.7. The lowest BCUT2D eigenvalue weighted by molar-refractivity contribution is 0.0748. The van der Waals surface area contributed by atoms with Gasteiger partial charge >= 0.3 is 0 Å². The summed E-state index contributed by atoms with van der Waals surface area (Å²) >= 11 is 0. The highest BCUT2D eigenvalue weighted by Gasteiger charge is 2.30. The second-order valence-corrected chi connectivity index (χ2v) is 16.3. The van der Waals surface area contributed by atoms with Crippen LogP contribution < -0.4 is 20.1 Å². The Bertz CT molecular complexity index is 2720. The van der Waals surface area contributed by atoms with Crippen LogP contribution in [-0.2, 0) is 0 Å². The fourth-order valence-corrected chi connectivity index (χ4v) is 8.88. The maximum absolute atomic E-state index is 13.1. The van der Waals surface area contributed by atoms with E-state index in [1.165, 1.54) is 14.2 Å². The summed E-state index contributed by atoms with van der Waals surface area (Å²) < 4.78 is 18.1. The molecule has 18 heteroatoms. The largest absolute Gasteiger partial charge is 0.496 e. The minimum atomic E-state index is -0.304. The zero-order valence-corrected chi connectivity index (χ0v) is 34.8. The van der Waals surface area contributed by atoms with Gasteiger partial charge in [-0.2, -0.15) is 20.4 Å². The van der Waals surface area contributed by atoms with Gasteiger partial charge in [-0.1, -0.05) is 13.8 Å². The van der Waals surface area contributed by atoms with Gasteiger partial charge in [0.05, 0.1) is 73.1 Å². The Morgan fingerprint density at radius 2 is 1.10 bits per heavy atom. The number of carbonyl (C=O) groups is 2. The first-order valence-corrected chi connectivity index (χ1v) is 20.8. The topological polar surface area (TPSA) is 213 Å². The van der Waals surface area contributed by atoms with Crippen molar-refractivity contribution in [2.45, 2.75) is 76.7 Å². The molecule has 18 nitrogen and oxygen atoms in total. The lowest BCUT2D eigenvalue weighted by Gasteiger charge is -2.31. The monoisotopic (exact) mass is 840 g/mol. The van der Waals surface area contributed by atoms with Gasteiger partial charge in [0, 0.05) is 60.1 Å². The summed E-state index contributed by atoms with van der Waals surface area (Å²) in [5, 5.41) is 45.2. The van der Waals surface area contributed by atoms with Gasteiger partial charge < -0.3 is 30.3 Å². The number of rotatable bonds is 8. The van der Waals surface area contributed by atoms with E-state index in [4.69, 9.17) is 19.7 Å². The molecule has 0 unspecified atom stereocenters. The number of nitrogens with one attached hydrogen (secondary N) is 2. The molecule has 2 amide bonds. The third kappa shape index (κ3) is 7.89. The van der Waals surface area contributed by atoms with Crippen LogP contribution in [0.15, 0.2) is 86.0 Å². The Morgan fingerprint density at radius 3 is 1.50 bits per heavy atom. The molecule has 2 fully saturated rings. The summed E-state index contributed by atoms with van der Waals surface area (Å²) in [6.07, 6.45) is 18.3. The Morgan fingerprint density at radius 1 is 0.661 bits per heavy atom. The van der Waals surface area contributed by atoms with E-state index in [2.05, 4.69) is 44.6 Å². The Labute approximate surface area is 355 Å². The fraction of sp³-hybridized carbons (Fsp3) is 0.364. The third-order valence-electron chi connectivity index (χ3n) is 12.1. The molecule has 6 aromatic heterocycles. The molecule has 0 bridgehead atoms. The van der Waals surface area contributed by atoms with Gasteiger partial charge in [-0.25, -0.2) is 19.0 Å². The quantitative estimate of drug-likeness (QED) is 0.136. The molecule has 6 atom stereocenters. The number of aliphatic hydroxyl groups is 2. The SMILES string of the molecule is COc1cc2nn([C@H]3CC[C@H](O)C[C@@H]3C)cc2cc1C(=O)Nc1cnn2cccnc12.COc1cc2nn([C@H]3CC[C@H](O)C[C@@H]3C)cc2cc1C(=O)Nc1cnn2cccnc12. The minimum absolute atomic E-state index is 0.226. The zero-order chi connectivity index (χ0) is 43.1. The molecule has 0 spiro atoms. The van der Waals surface area contributed by atoms with Gasteiger partial charge in [0.15, 0.2) is 11.3 Å². The number of aromatic nitrogens is 10. The maximum atomic E-state index is 13.1. The summed E-state index contributed by atoms with van der Waals surface area (Å²) in [7, 11) is 3.08. The molecule has 8 aromatic rings. The lowest BCUT2D eigenvalue weighted by atomic mass is 9.84. The Balaban J connectivity index is 0.000000158. The number of amides is 2. The predicted octanol–water partition coefficient (Wildman–Crippen LogP) is 6.12. The van der Waals surface area contributed by atoms with Gasteiger partial charge in [-0.05, 0) is 74.6 Å². The number of carbonyl (C=O) groups excluding carboxylic acids is 2. The number of hydrogen-bond acceptors (Lipinski definition) is 12. The van der Waals surface area contributed by atoms with Crippen molar-refractivity contribution in [2.24, 2.45) is 11.8 Å². The van der Waals surface area contributed by atoms with E-state index in [0.717, 1.165) is 60.3 Å². The van der Waals surface area contributed by atoms with E-state index in [9.17, 15) is 19.8 Å². The zero-order valence-electron chi connectivity index (χ0n) is 34.8. The molecule has 2 aromatic carbocycles. The van der Waals surface area contributed by atoms with Crippen molar-refractivity contribution in [1.29, 1.82) is 0 Å². The van der Waals surface area contributed by atoms with E-state index < -0.39 is 0 Å². The molecular weight excluding hydrogens is 793 g/mol. The molecule has 2 saturated carbocycles. The summed E-state index contributed by atoms with van der Waals surface area (Å²) in [6, 6.07) is 11.2. The number of fused-ring (bicyclic) bond motifs is 4. The number of hydrogen-bond donors (Lipinski definition) is 4. The smallest absolute Gasteiger partial charge is 0.259 e. The molecule has 2 aliphatic rings. The highest BCUT2D eigenvalue weighted by Crippen LogP contribution is 2.37. The van der Waals surface area contributed by atoms with E-state index in [1.54, 1.807) is 82.6 Å². The molecule has 0 saturated heterocycles. The molecule has 6 heterocycles. The Hall–Kier alpha value is -6.92. The first kappa shape index (κ1) is 40.5. The highest BCUT2D eigenvalue weighted by atomic mass is 16.5.